The summed E-state index contributed by atoms with van der Waals surface area (Å²) in [6, 6.07) is 0.0290. The lowest BCUT2D eigenvalue weighted by atomic mass is 10.2. The Morgan fingerprint density at radius 2 is 2.67 bits per heavy atom. The smallest absolute Gasteiger partial charge is 0.237 e. The predicted octanol–water partition coefficient (Wildman–Crippen LogP) is 0.554. The highest BCUT2D eigenvalue weighted by molar-refractivity contribution is 7.09. The van der Waals surface area contributed by atoms with E-state index in [2.05, 4.69) is 15.6 Å². The Kier molecular flexibility index (Phi) is 3.69. The van der Waals surface area contributed by atoms with Crippen LogP contribution in [0.15, 0.2) is 11.6 Å². The summed E-state index contributed by atoms with van der Waals surface area (Å²) in [7, 11) is 0. The minimum Gasteiger partial charge on any atom is -0.354 e. The van der Waals surface area contributed by atoms with Crippen LogP contribution in [0.3, 0.4) is 0 Å². The molecule has 82 valence electrons. The lowest BCUT2D eigenvalue weighted by molar-refractivity contribution is -0.122. The van der Waals surface area contributed by atoms with Gasteiger partial charge in [-0.2, -0.15) is 0 Å². The maximum Gasteiger partial charge on any atom is 0.237 e. The highest BCUT2D eigenvalue weighted by atomic mass is 32.1. The molecule has 1 unspecified atom stereocenters. The van der Waals surface area contributed by atoms with Crippen LogP contribution < -0.4 is 10.6 Å². The molecule has 1 aliphatic rings. The van der Waals surface area contributed by atoms with Gasteiger partial charge in [0.15, 0.2) is 0 Å². The van der Waals surface area contributed by atoms with Crippen molar-refractivity contribution in [2.45, 2.75) is 25.3 Å². The van der Waals surface area contributed by atoms with Crippen molar-refractivity contribution in [1.29, 1.82) is 0 Å². The largest absolute Gasteiger partial charge is 0.354 e. The van der Waals surface area contributed by atoms with Crippen LogP contribution in [-0.4, -0.2) is 30.0 Å². The van der Waals surface area contributed by atoms with E-state index in [-0.39, 0.29) is 11.9 Å². The number of thiazole rings is 1. The van der Waals surface area contributed by atoms with Gasteiger partial charge in [0.25, 0.3) is 0 Å². The van der Waals surface area contributed by atoms with Crippen molar-refractivity contribution < 1.29 is 4.79 Å². The maximum absolute atomic E-state index is 11.6. The molecule has 1 atom stereocenters. The summed E-state index contributed by atoms with van der Waals surface area (Å²) in [4.78, 5) is 15.7. The van der Waals surface area contributed by atoms with Gasteiger partial charge in [-0.25, -0.2) is 4.98 Å². The molecule has 0 aromatic carbocycles. The number of nitrogens with one attached hydrogen (secondary N) is 2. The lowest BCUT2D eigenvalue weighted by Crippen LogP contribution is -2.41. The summed E-state index contributed by atoms with van der Waals surface area (Å²) in [6.07, 6.45) is 4.68. The monoisotopic (exact) mass is 225 g/mol. The summed E-state index contributed by atoms with van der Waals surface area (Å²) in [5, 5.41) is 9.14. The molecule has 1 fully saturated rings. The van der Waals surface area contributed by atoms with Gasteiger partial charge >= 0.3 is 0 Å². The van der Waals surface area contributed by atoms with Crippen LogP contribution in [0.4, 0.5) is 0 Å². The van der Waals surface area contributed by atoms with Crippen LogP contribution in [0.5, 0.6) is 0 Å². The molecule has 0 saturated carbocycles. The second kappa shape index (κ2) is 5.23. The zero-order chi connectivity index (χ0) is 10.5. The molecular formula is C10H15N3OS. The molecule has 2 rings (SSSR count). The Hall–Kier alpha value is -0.940. The topological polar surface area (TPSA) is 54.0 Å². The minimum atomic E-state index is 0.0290. The van der Waals surface area contributed by atoms with Gasteiger partial charge in [0.05, 0.1) is 11.0 Å². The van der Waals surface area contributed by atoms with Crippen LogP contribution in [0.2, 0.25) is 0 Å². The Morgan fingerprint density at radius 3 is 3.33 bits per heavy atom. The summed E-state index contributed by atoms with van der Waals surface area (Å²) < 4.78 is 0. The average Bonchev–Trinajstić information content (AvgIpc) is 2.90. The van der Waals surface area contributed by atoms with Crippen molar-refractivity contribution in [3.05, 3.63) is 16.6 Å². The van der Waals surface area contributed by atoms with Crippen LogP contribution in [0, 0.1) is 0 Å². The molecule has 0 radical (unpaired) electrons. The van der Waals surface area contributed by atoms with Crippen LogP contribution in [0.25, 0.3) is 0 Å². The zero-order valence-electron chi connectivity index (χ0n) is 8.53. The number of hydrogen-bond acceptors (Lipinski definition) is 4. The van der Waals surface area contributed by atoms with Gasteiger partial charge in [-0.1, -0.05) is 0 Å². The molecule has 0 aliphatic carbocycles. The lowest BCUT2D eigenvalue weighted by Gasteiger charge is -2.09. The van der Waals surface area contributed by atoms with E-state index in [0.717, 1.165) is 30.8 Å². The van der Waals surface area contributed by atoms with Crippen molar-refractivity contribution in [2.24, 2.45) is 0 Å². The fraction of sp³-hybridized carbons (Fsp3) is 0.600. The number of carbonyl (C=O) groups is 1. The highest BCUT2D eigenvalue weighted by Crippen LogP contribution is 2.05. The van der Waals surface area contributed by atoms with Crippen molar-refractivity contribution in [1.82, 2.24) is 15.6 Å². The standard InChI is InChI=1S/C10H15N3OS/c14-10(8-2-1-4-11-8)13-5-3-9-12-6-7-15-9/h6-8,11H,1-5H2,(H,13,14). The van der Waals surface area contributed by atoms with Gasteiger partial charge in [0.1, 0.15) is 0 Å². The van der Waals surface area contributed by atoms with E-state index >= 15 is 0 Å². The number of hydrogen-bond donors (Lipinski definition) is 2. The molecule has 2 heterocycles. The molecule has 15 heavy (non-hydrogen) atoms. The number of nitrogens with zero attached hydrogens (tertiary/aromatic N) is 1. The zero-order valence-corrected chi connectivity index (χ0v) is 9.35. The molecule has 5 heteroatoms. The number of amides is 1. The third-order valence-corrected chi connectivity index (χ3v) is 3.34. The molecule has 1 saturated heterocycles. The highest BCUT2D eigenvalue weighted by Gasteiger charge is 2.21. The average molecular weight is 225 g/mol. The van der Waals surface area contributed by atoms with E-state index in [1.165, 1.54) is 0 Å². The Bertz CT molecular complexity index is 306. The molecule has 2 N–H and O–H groups in total. The Balaban J connectivity index is 1.67. The normalized spacial score (nSPS) is 20.4. The second-order valence-electron chi connectivity index (χ2n) is 3.62. The summed E-state index contributed by atoms with van der Waals surface area (Å²) in [5.41, 5.74) is 0. The summed E-state index contributed by atoms with van der Waals surface area (Å²) in [6.45, 7) is 1.65. The second-order valence-corrected chi connectivity index (χ2v) is 4.59. The molecule has 1 aromatic heterocycles. The Labute approximate surface area is 93.1 Å². The van der Waals surface area contributed by atoms with Crippen LogP contribution in [-0.2, 0) is 11.2 Å². The predicted molar refractivity (Wildman–Crippen MR) is 59.9 cm³/mol. The quantitative estimate of drug-likeness (QED) is 0.787. The van der Waals surface area contributed by atoms with Crippen molar-refractivity contribution in [3.8, 4) is 0 Å². The molecule has 1 aliphatic heterocycles. The van der Waals surface area contributed by atoms with Crippen LogP contribution in [0.1, 0.15) is 17.8 Å². The van der Waals surface area contributed by atoms with Gasteiger partial charge in [-0.15, -0.1) is 11.3 Å². The first kappa shape index (κ1) is 10.6. The first-order valence-corrected chi connectivity index (χ1v) is 6.14. The Morgan fingerprint density at radius 1 is 1.73 bits per heavy atom. The first-order chi connectivity index (χ1) is 7.36. The number of rotatable bonds is 4. The molecule has 1 amide bonds. The van der Waals surface area contributed by atoms with E-state index in [1.807, 2.05) is 5.38 Å². The van der Waals surface area contributed by atoms with Crippen molar-refractivity contribution in [2.75, 3.05) is 13.1 Å². The molecule has 0 bridgehead atoms. The first-order valence-electron chi connectivity index (χ1n) is 5.26. The molecular weight excluding hydrogens is 210 g/mol. The van der Waals surface area contributed by atoms with Gasteiger partial charge in [-0.05, 0) is 19.4 Å². The van der Waals surface area contributed by atoms with E-state index in [9.17, 15) is 4.79 Å². The van der Waals surface area contributed by atoms with E-state index < -0.39 is 0 Å². The minimum absolute atomic E-state index is 0.0290. The van der Waals surface area contributed by atoms with Gasteiger partial charge in [-0.3, -0.25) is 4.79 Å². The molecule has 0 spiro atoms. The van der Waals surface area contributed by atoms with Crippen molar-refractivity contribution in [3.63, 3.8) is 0 Å². The van der Waals surface area contributed by atoms with Gasteiger partial charge in [0, 0.05) is 24.5 Å². The van der Waals surface area contributed by atoms with E-state index in [0.29, 0.717) is 6.54 Å². The number of aromatic nitrogens is 1. The van der Waals surface area contributed by atoms with Crippen molar-refractivity contribution >= 4 is 17.2 Å². The van der Waals surface area contributed by atoms with Gasteiger partial charge in [0.2, 0.25) is 5.91 Å². The third kappa shape index (κ3) is 3.00. The SMILES string of the molecule is O=C(NCCc1nccs1)C1CCCN1. The summed E-state index contributed by atoms with van der Waals surface area (Å²) in [5.74, 6) is 0.129. The van der Waals surface area contributed by atoms with E-state index in [1.54, 1.807) is 17.5 Å². The van der Waals surface area contributed by atoms with Crippen LogP contribution >= 0.6 is 11.3 Å². The third-order valence-electron chi connectivity index (χ3n) is 2.50. The van der Waals surface area contributed by atoms with E-state index in [4.69, 9.17) is 0 Å². The summed E-state index contributed by atoms with van der Waals surface area (Å²) >= 11 is 1.63. The fourth-order valence-electron chi connectivity index (χ4n) is 1.70. The maximum atomic E-state index is 11.6. The number of carbonyl (C=O) groups excluding carboxylic acids is 1. The fourth-order valence-corrected chi connectivity index (χ4v) is 2.32. The van der Waals surface area contributed by atoms with Gasteiger partial charge < -0.3 is 10.6 Å². The molecule has 4 nitrogen and oxygen atoms in total. The molecule has 1 aromatic rings.